The molecule has 110 valence electrons. The van der Waals surface area contributed by atoms with Crippen LogP contribution in [-0.4, -0.2) is 21.6 Å². The van der Waals surface area contributed by atoms with Crippen LogP contribution >= 0.6 is 11.8 Å². The van der Waals surface area contributed by atoms with Crippen molar-refractivity contribution in [3.63, 3.8) is 0 Å². The van der Waals surface area contributed by atoms with Gasteiger partial charge in [0.15, 0.2) is 0 Å². The molecule has 21 heavy (non-hydrogen) atoms. The third-order valence-electron chi connectivity index (χ3n) is 3.03. The Morgan fingerprint density at radius 3 is 2.67 bits per heavy atom. The van der Waals surface area contributed by atoms with Gasteiger partial charge < -0.3 is 5.32 Å². The monoisotopic (exact) mass is 301 g/mol. The van der Waals surface area contributed by atoms with Gasteiger partial charge in [-0.1, -0.05) is 36.0 Å². The summed E-state index contributed by atoms with van der Waals surface area (Å²) in [6.07, 6.45) is 0. The minimum Gasteiger partial charge on any atom is -0.351 e. The Balaban J connectivity index is 1.84. The van der Waals surface area contributed by atoms with Crippen LogP contribution in [0.25, 0.3) is 0 Å². The predicted octanol–water partition coefficient (Wildman–Crippen LogP) is 2.81. The van der Waals surface area contributed by atoms with Crippen molar-refractivity contribution in [2.45, 2.75) is 32.3 Å². The van der Waals surface area contributed by atoms with Gasteiger partial charge in [0.2, 0.25) is 5.91 Å². The van der Waals surface area contributed by atoms with E-state index in [1.54, 1.807) is 0 Å². The third kappa shape index (κ3) is 4.86. The van der Waals surface area contributed by atoms with Crippen molar-refractivity contribution in [3.8, 4) is 0 Å². The molecule has 1 amide bonds. The van der Waals surface area contributed by atoms with Crippen molar-refractivity contribution in [1.82, 2.24) is 15.3 Å². The van der Waals surface area contributed by atoms with Crippen molar-refractivity contribution in [1.29, 1.82) is 0 Å². The Kier molecular flexibility index (Phi) is 5.33. The lowest BCUT2D eigenvalue weighted by molar-refractivity contribution is -0.118. The number of hydrogen-bond acceptors (Lipinski definition) is 4. The summed E-state index contributed by atoms with van der Waals surface area (Å²) >= 11 is 1.43. The van der Waals surface area contributed by atoms with E-state index >= 15 is 0 Å². The van der Waals surface area contributed by atoms with Crippen LogP contribution in [0.4, 0.5) is 0 Å². The fourth-order valence-electron chi connectivity index (χ4n) is 1.95. The summed E-state index contributed by atoms with van der Waals surface area (Å²) in [5.41, 5.74) is 3.25. The third-order valence-corrected chi connectivity index (χ3v) is 3.94. The molecule has 0 unspecified atom stereocenters. The maximum absolute atomic E-state index is 11.9. The van der Waals surface area contributed by atoms with E-state index in [0.717, 1.165) is 22.1 Å². The van der Waals surface area contributed by atoms with E-state index in [2.05, 4.69) is 15.3 Å². The number of hydrogen-bond donors (Lipinski definition) is 1. The second-order valence-electron chi connectivity index (χ2n) is 4.89. The largest absolute Gasteiger partial charge is 0.351 e. The van der Waals surface area contributed by atoms with Crippen molar-refractivity contribution in [2.75, 3.05) is 5.75 Å². The molecule has 4 nitrogen and oxygen atoms in total. The van der Waals surface area contributed by atoms with Crippen LogP contribution in [0.15, 0.2) is 35.4 Å². The Morgan fingerprint density at radius 2 is 1.95 bits per heavy atom. The number of carbonyl (C=O) groups is 1. The zero-order chi connectivity index (χ0) is 15.2. The van der Waals surface area contributed by atoms with Gasteiger partial charge in [0, 0.05) is 12.2 Å². The van der Waals surface area contributed by atoms with E-state index in [-0.39, 0.29) is 5.91 Å². The smallest absolute Gasteiger partial charge is 0.230 e. The van der Waals surface area contributed by atoms with Gasteiger partial charge >= 0.3 is 0 Å². The van der Waals surface area contributed by atoms with E-state index in [1.807, 2.05) is 51.1 Å². The van der Waals surface area contributed by atoms with Gasteiger partial charge in [0.25, 0.3) is 0 Å². The second kappa shape index (κ2) is 7.22. The minimum atomic E-state index is 0.0113. The number of thioether (sulfide) groups is 1. The van der Waals surface area contributed by atoms with E-state index in [0.29, 0.717) is 12.3 Å². The molecule has 2 rings (SSSR count). The molecular formula is C16H19N3OS. The Morgan fingerprint density at radius 1 is 1.19 bits per heavy atom. The molecule has 0 fully saturated rings. The van der Waals surface area contributed by atoms with Gasteiger partial charge in [-0.15, -0.1) is 0 Å². The number of amides is 1. The number of aryl methyl sites for hydroxylation is 3. The first-order chi connectivity index (χ1) is 10.0. The van der Waals surface area contributed by atoms with Gasteiger partial charge in [-0.3, -0.25) is 4.79 Å². The van der Waals surface area contributed by atoms with Crippen LogP contribution in [0.2, 0.25) is 0 Å². The number of carbonyl (C=O) groups excluding carboxylic acids is 1. The average Bonchev–Trinajstić information content (AvgIpc) is 2.43. The highest BCUT2D eigenvalue weighted by Gasteiger charge is 2.06. The predicted molar refractivity (Wildman–Crippen MR) is 85.3 cm³/mol. The zero-order valence-corrected chi connectivity index (χ0v) is 13.3. The van der Waals surface area contributed by atoms with Crippen molar-refractivity contribution in [2.24, 2.45) is 0 Å². The Hall–Kier alpha value is -1.88. The Bertz CT molecular complexity index is 623. The highest BCUT2D eigenvalue weighted by atomic mass is 32.2. The van der Waals surface area contributed by atoms with Crippen LogP contribution in [0, 0.1) is 20.8 Å². The molecule has 0 aliphatic heterocycles. The molecule has 1 heterocycles. The van der Waals surface area contributed by atoms with Crippen molar-refractivity contribution in [3.05, 3.63) is 53.0 Å². The van der Waals surface area contributed by atoms with E-state index in [9.17, 15) is 4.79 Å². The Labute approximate surface area is 129 Å². The summed E-state index contributed by atoms with van der Waals surface area (Å²) in [5, 5.41) is 3.78. The van der Waals surface area contributed by atoms with Crippen LogP contribution in [0.5, 0.6) is 0 Å². The van der Waals surface area contributed by atoms with E-state index in [4.69, 9.17) is 0 Å². The average molecular weight is 301 g/mol. The van der Waals surface area contributed by atoms with Gasteiger partial charge in [-0.05, 0) is 38.0 Å². The van der Waals surface area contributed by atoms with Crippen molar-refractivity contribution >= 4 is 17.7 Å². The maximum Gasteiger partial charge on any atom is 0.230 e. The standard InChI is InChI=1S/C16H19N3OS/c1-11-6-4-5-7-14(11)9-17-15(20)10-21-16-8-12(2)18-13(3)19-16/h4-8H,9-10H2,1-3H3,(H,17,20). The summed E-state index contributed by atoms with van der Waals surface area (Å²) in [6, 6.07) is 9.95. The van der Waals surface area contributed by atoms with Crippen LogP contribution < -0.4 is 5.32 Å². The van der Waals surface area contributed by atoms with Crippen LogP contribution in [0.1, 0.15) is 22.6 Å². The maximum atomic E-state index is 11.9. The lowest BCUT2D eigenvalue weighted by atomic mass is 10.1. The first-order valence-electron chi connectivity index (χ1n) is 6.81. The fraction of sp³-hybridized carbons (Fsp3) is 0.312. The van der Waals surface area contributed by atoms with Gasteiger partial charge in [-0.25, -0.2) is 9.97 Å². The highest BCUT2D eigenvalue weighted by molar-refractivity contribution is 7.99. The molecule has 0 aliphatic rings. The topological polar surface area (TPSA) is 54.9 Å². The molecule has 1 N–H and O–H groups in total. The number of benzene rings is 1. The fourth-order valence-corrected chi connectivity index (χ4v) is 2.78. The summed E-state index contributed by atoms with van der Waals surface area (Å²) in [5.74, 6) is 1.11. The molecule has 1 aromatic carbocycles. The van der Waals surface area contributed by atoms with E-state index in [1.165, 1.54) is 17.3 Å². The number of nitrogens with zero attached hydrogens (tertiary/aromatic N) is 2. The molecule has 2 aromatic rings. The molecule has 0 spiro atoms. The zero-order valence-electron chi connectivity index (χ0n) is 12.5. The summed E-state index contributed by atoms with van der Waals surface area (Å²) < 4.78 is 0. The van der Waals surface area contributed by atoms with Gasteiger partial charge in [0.1, 0.15) is 10.9 Å². The normalized spacial score (nSPS) is 10.4. The van der Waals surface area contributed by atoms with Gasteiger partial charge in [0.05, 0.1) is 5.75 Å². The number of aromatic nitrogens is 2. The summed E-state index contributed by atoms with van der Waals surface area (Å²) in [4.78, 5) is 20.4. The van der Waals surface area contributed by atoms with Crippen LogP contribution in [-0.2, 0) is 11.3 Å². The molecule has 0 saturated carbocycles. The lowest BCUT2D eigenvalue weighted by Gasteiger charge is -2.08. The molecule has 5 heteroatoms. The quantitative estimate of drug-likeness (QED) is 0.681. The second-order valence-corrected chi connectivity index (χ2v) is 5.88. The number of nitrogens with one attached hydrogen (secondary N) is 1. The first kappa shape index (κ1) is 15.5. The van der Waals surface area contributed by atoms with E-state index < -0.39 is 0 Å². The molecule has 0 atom stereocenters. The molecule has 0 saturated heterocycles. The van der Waals surface area contributed by atoms with Crippen LogP contribution in [0.3, 0.4) is 0 Å². The summed E-state index contributed by atoms with van der Waals surface area (Å²) in [7, 11) is 0. The minimum absolute atomic E-state index is 0.0113. The molecule has 0 radical (unpaired) electrons. The first-order valence-corrected chi connectivity index (χ1v) is 7.79. The SMILES string of the molecule is Cc1cc(SCC(=O)NCc2ccccc2C)nc(C)n1. The highest BCUT2D eigenvalue weighted by Crippen LogP contribution is 2.15. The summed E-state index contributed by atoms with van der Waals surface area (Å²) in [6.45, 7) is 6.39. The molecular weight excluding hydrogens is 282 g/mol. The molecule has 1 aromatic heterocycles. The molecule has 0 aliphatic carbocycles. The molecule has 0 bridgehead atoms. The van der Waals surface area contributed by atoms with Gasteiger partial charge in [-0.2, -0.15) is 0 Å². The number of rotatable bonds is 5. The van der Waals surface area contributed by atoms with Crippen molar-refractivity contribution < 1.29 is 4.79 Å². The lowest BCUT2D eigenvalue weighted by Crippen LogP contribution is -2.25.